The summed E-state index contributed by atoms with van der Waals surface area (Å²) in [6.45, 7) is 0. The Kier molecular flexibility index (Phi) is 5.36. The summed E-state index contributed by atoms with van der Waals surface area (Å²) in [5, 5.41) is 0. The molecule has 25 heavy (non-hydrogen) atoms. The van der Waals surface area contributed by atoms with Crippen molar-refractivity contribution in [1.29, 1.82) is 0 Å². The van der Waals surface area contributed by atoms with Crippen LogP contribution in [0.2, 0.25) is 0 Å². The van der Waals surface area contributed by atoms with Crippen molar-refractivity contribution in [2.24, 2.45) is 0 Å². The zero-order chi connectivity index (χ0) is 18.7. The van der Waals surface area contributed by atoms with E-state index in [0.29, 0.717) is 0 Å². The lowest BCUT2D eigenvalue weighted by Gasteiger charge is -2.10. The molecule has 134 valence electrons. The molecular weight excluding hydrogens is 361 g/mol. The molecule has 2 aromatic carbocycles. The number of hydrogen-bond donors (Lipinski definition) is 0. The number of hydrogen-bond acceptors (Lipinski definition) is 5. The van der Waals surface area contributed by atoms with E-state index in [1.54, 1.807) is 0 Å². The van der Waals surface area contributed by atoms with Crippen LogP contribution in [-0.4, -0.2) is 21.5 Å². The van der Waals surface area contributed by atoms with Gasteiger partial charge in [-0.2, -0.15) is 21.6 Å². The minimum atomic E-state index is -4.57. The number of halogens is 3. The summed E-state index contributed by atoms with van der Waals surface area (Å²) in [6, 6.07) is 9.21. The Hall–Kier alpha value is -2.55. The third kappa shape index (κ3) is 5.21. The van der Waals surface area contributed by atoms with Gasteiger partial charge in [0, 0.05) is 0 Å². The molecule has 0 saturated carbocycles. The molecule has 0 aliphatic carbocycles. The van der Waals surface area contributed by atoms with E-state index in [0.717, 1.165) is 24.3 Å². The predicted molar refractivity (Wildman–Crippen MR) is 82.5 cm³/mol. The minimum absolute atomic E-state index is 0.0704. The van der Waals surface area contributed by atoms with Gasteiger partial charge in [-0.3, -0.25) is 0 Å². The quantitative estimate of drug-likeness (QED) is 0.593. The standard InChI is InChI=1S/C16H13F3O5S/c1-23-15(20)12-5-3-7-14(9-12)24-25(21,22)10-11-4-2-6-13(8-11)16(17,18)19/h2-9H,10H2,1H3. The van der Waals surface area contributed by atoms with Crippen molar-refractivity contribution in [2.75, 3.05) is 7.11 Å². The highest BCUT2D eigenvalue weighted by atomic mass is 32.2. The van der Waals surface area contributed by atoms with Crippen LogP contribution < -0.4 is 4.18 Å². The first-order valence-corrected chi connectivity index (χ1v) is 8.45. The number of alkyl halides is 3. The van der Waals surface area contributed by atoms with Crippen molar-refractivity contribution < 1.29 is 35.3 Å². The number of esters is 1. The van der Waals surface area contributed by atoms with Crippen molar-refractivity contribution in [3.8, 4) is 5.75 Å². The largest absolute Gasteiger partial charge is 0.465 e. The van der Waals surface area contributed by atoms with Gasteiger partial charge in [0.05, 0.1) is 18.2 Å². The van der Waals surface area contributed by atoms with Crippen molar-refractivity contribution in [3.63, 3.8) is 0 Å². The maximum absolute atomic E-state index is 12.7. The molecule has 0 fully saturated rings. The third-order valence-electron chi connectivity index (χ3n) is 3.08. The molecule has 2 rings (SSSR count). The Morgan fingerprint density at radius 3 is 2.40 bits per heavy atom. The van der Waals surface area contributed by atoms with E-state index >= 15 is 0 Å². The van der Waals surface area contributed by atoms with E-state index in [9.17, 15) is 26.4 Å². The molecule has 5 nitrogen and oxygen atoms in total. The molecule has 0 amide bonds. The Labute approximate surface area is 142 Å². The lowest BCUT2D eigenvalue weighted by Crippen LogP contribution is -2.13. The molecule has 0 saturated heterocycles. The number of ether oxygens (including phenoxy) is 1. The van der Waals surface area contributed by atoms with E-state index in [2.05, 4.69) is 4.74 Å². The highest BCUT2D eigenvalue weighted by Gasteiger charge is 2.30. The van der Waals surface area contributed by atoms with Crippen LogP contribution in [0.5, 0.6) is 5.75 Å². The van der Waals surface area contributed by atoms with Gasteiger partial charge >= 0.3 is 22.3 Å². The van der Waals surface area contributed by atoms with Crippen molar-refractivity contribution in [2.45, 2.75) is 11.9 Å². The second-order valence-electron chi connectivity index (χ2n) is 5.00. The Morgan fingerprint density at radius 2 is 1.76 bits per heavy atom. The lowest BCUT2D eigenvalue weighted by molar-refractivity contribution is -0.137. The van der Waals surface area contributed by atoms with Crippen LogP contribution in [0.25, 0.3) is 0 Å². The van der Waals surface area contributed by atoms with Gasteiger partial charge in [-0.15, -0.1) is 0 Å². The summed E-state index contributed by atoms with van der Waals surface area (Å²) in [4.78, 5) is 11.4. The minimum Gasteiger partial charge on any atom is -0.465 e. The Bertz CT molecular complexity index is 875. The van der Waals surface area contributed by atoms with Gasteiger partial charge in [-0.25, -0.2) is 4.79 Å². The van der Waals surface area contributed by atoms with Crippen molar-refractivity contribution in [3.05, 3.63) is 65.2 Å². The molecular formula is C16H13F3O5S. The maximum atomic E-state index is 12.7. The van der Waals surface area contributed by atoms with Gasteiger partial charge in [-0.1, -0.05) is 24.3 Å². The van der Waals surface area contributed by atoms with Crippen LogP contribution in [-0.2, 0) is 26.8 Å². The second kappa shape index (κ2) is 7.14. The molecule has 0 aliphatic heterocycles. The topological polar surface area (TPSA) is 69.7 Å². The summed E-state index contributed by atoms with van der Waals surface area (Å²) in [7, 11) is -3.05. The molecule has 0 aromatic heterocycles. The average Bonchev–Trinajstić information content (AvgIpc) is 2.52. The number of benzene rings is 2. The van der Waals surface area contributed by atoms with Gasteiger partial charge in [-0.05, 0) is 29.8 Å². The Balaban J connectivity index is 2.19. The molecule has 0 bridgehead atoms. The number of carbonyl (C=O) groups excluding carboxylic acids is 1. The average molecular weight is 374 g/mol. The molecule has 0 unspecified atom stereocenters. The normalized spacial score (nSPS) is 11.8. The number of rotatable bonds is 5. The zero-order valence-electron chi connectivity index (χ0n) is 12.9. The molecule has 0 atom stereocenters. The predicted octanol–water partition coefficient (Wildman–Crippen LogP) is 3.40. The summed E-state index contributed by atoms with van der Waals surface area (Å²) >= 11 is 0. The maximum Gasteiger partial charge on any atom is 0.416 e. The van der Waals surface area contributed by atoms with Crippen molar-refractivity contribution >= 4 is 16.1 Å². The summed E-state index contributed by atoms with van der Waals surface area (Å²) in [5.74, 6) is -1.57. The van der Waals surface area contributed by atoms with E-state index in [1.165, 1.54) is 31.4 Å². The zero-order valence-corrected chi connectivity index (χ0v) is 13.7. The van der Waals surface area contributed by atoms with Crippen LogP contribution in [0.1, 0.15) is 21.5 Å². The van der Waals surface area contributed by atoms with Gasteiger partial charge in [0.1, 0.15) is 11.5 Å². The third-order valence-corrected chi connectivity index (χ3v) is 4.21. The molecule has 9 heteroatoms. The number of carbonyl (C=O) groups is 1. The first-order valence-electron chi connectivity index (χ1n) is 6.87. The first kappa shape index (κ1) is 18.8. The van der Waals surface area contributed by atoms with Gasteiger partial charge < -0.3 is 8.92 Å². The second-order valence-corrected chi connectivity index (χ2v) is 6.57. The fourth-order valence-corrected chi connectivity index (χ4v) is 3.05. The van der Waals surface area contributed by atoms with Crippen molar-refractivity contribution in [1.82, 2.24) is 0 Å². The summed E-state index contributed by atoms with van der Waals surface area (Å²) in [5.41, 5.74) is -0.943. The molecule has 0 N–H and O–H groups in total. The molecule has 0 heterocycles. The van der Waals surface area contributed by atoms with E-state index in [-0.39, 0.29) is 16.9 Å². The molecule has 2 aromatic rings. The monoisotopic (exact) mass is 374 g/mol. The summed E-state index contributed by atoms with van der Waals surface area (Å²) in [6.07, 6.45) is -4.57. The molecule has 0 radical (unpaired) electrons. The van der Waals surface area contributed by atoms with Crippen LogP contribution in [0.4, 0.5) is 13.2 Å². The fourth-order valence-electron chi connectivity index (χ4n) is 2.01. The van der Waals surface area contributed by atoms with Crippen LogP contribution >= 0.6 is 0 Å². The van der Waals surface area contributed by atoms with E-state index in [1.807, 2.05) is 0 Å². The Morgan fingerprint density at radius 1 is 1.08 bits per heavy atom. The van der Waals surface area contributed by atoms with Crippen LogP contribution in [0.15, 0.2) is 48.5 Å². The van der Waals surface area contributed by atoms with Gasteiger partial charge in [0.2, 0.25) is 0 Å². The summed E-state index contributed by atoms with van der Waals surface area (Å²) < 4.78 is 71.5. The van der Waals surface area contributed by atoms with Gasteiger partial charge in [0.25, 0.3) is 0 Å². The fraction of sp³-hybridized carbons (Fsp3) is 0.188. The first-order chi connectivity index (χ1) is 11.6. The lowest BCUT2D eigenvalue weighted by atomic mass is 10.1. The number of methoxy groups -OCH3 is 1. The highest BCUT2D eigenvalue weighted by molar-refractivity contribution is 7.86. The smallest absolute Gasteiger partial charge is 0.416 e. The van der Waals surface area contributed by atoms with Crippen LogP contribution in [0.3, 0.4) is 0 Å². The van der Waals surface area contributed by atoms with E-state index < -0.39 is 33.6 Å². The molecule has 0 spiro atoms. The molecule has 0 aliphatic rings. The van der Waals surface area contributed by atoms with Crippen LogP contribution in [0, 0.1) is 0 Å². The highest BCUT2D eigenvalue weighted by Crippen LogP contribution is 2.30. The SMILES string of the molecule is COC(=O)c1cccc(OS(=O)(=O)Cc2cccc(C(F)(F)F)c2)c1. The van der Waals surface area contributed by atoms with E-state index in [4.69, 9.17) is 4.18 Å². The van der Waals surface area contributed by atoms with Gasteiger partial charge in [0.15, 0.2) is 0 Å².